The number of carboxylic acids is 1. The number of carboxylic acid groups (broad SMARTS) is 1. The summed E-state index contributed by atoms with van der Waals surface area (Å²) in [7, 11) is 0. The van der Waals surface area contributed by atoms with Crippen LogP contribution < -0.4 is 0 Å². The van der Waals surface area contributed by atoms with Gasteiger partial charge >= 0.3 is 5.97 Å². The van der Waals surface area contributed by atoms with Crippen LogP contribution in [0.25, 0.3) is 6.08 Å². The van der Waals surface area contributed by atoms with Crippen LogP contribution in [0.5, 0.6) is 0 Å². The number of carbonyl (C=O) groups is 2. The molecule has 0 atom stereocenters. The minimum absolute atomic E-state index is 0.119. The highest BCUT2D eigenvalue weighted by Crippen LogP contribution is 2.17. The van der Waals surface area contributed by atoms with Crippen molar-refractivity contribution in [3.05, 3.63) is 40.7 Å². The molecule has 0 aliphatic rings. The first-order valence-electron chi connectivity index (χ1n) is 4.19. The van der Waals surface area contributed by atoms with Crippen LogP contribution in [0.2, 0.25) is 0 Å². The van der Waals surface area contributed by atoms with Crippen molar-refractivity contribution in [1.29, 1.82) is 5.26 Å². The topological polar surface area (TPSA) is 78.2 Å². The average molecular weight is 219 g/mol. The third-order valence-electron chi connectivity index (χ3n) is 1.85. The van der Waals surface area contributed by atoms with Gasteiger partial charge in [0.05, 0.1) is 11.1 Å². The van der Waals surface area contributed by atoms with Gasteiger partial charge in [0.25, 0.3) is 0 Å². The Labute approximate surface area is 90.2 Å². The molecular formula is C11H6FNO3. The zero-order chi connectivity index (χ0) is 12.1. The van der Waals surface area contributed by atoms with E-state index in [-0.39, 0.29) is 16.7 Å². The molecule has 0 aliphatic heterocycles. The van der Waals surface area contributed by atoms with Gasteiger partial charge in [0.15, 0.2) is 12.1 Å². The molecule has 0 aliphatic carbocycles. The predicted octanol–water partition coefficient (Wildman–Crippen LogP) is 1.61. The summed E-state index contributed by atoms with van der Waals surface area (Å²) in [4.78, 5) is 20.7. The maximum absolute atomic E-state index is 13.4. The molecule has 1 rings (SSSR count). The monoisotopic (exact) mass is 219 g/mol. The second kappa shape index (κ2) is 4.84. The summed E-state index contributed by atoms with van der Waals surface area (Å²) >= 11 is 0. The molecule has 5 heteroatoms. The van der Waals surface area contributed by atoms with Gasteiger partial charge in [-0.05, 0) is 17.7 Å². The Hall–Kier alpha value is -2.48. The first kappa shape index (κ1) is 11.6. The van der Waals surface area contributed by atoms with E-state index < -0.39 is 11.8 Å². The molecule has 0 unspecified atom stereocenters. The standard InChI is InChI=1S/C11H6FNO3/c12-11-8(6-14)2-1-7(9(11)5-13)3-4-10(15)16/h1-4,6H,(H,15,16)/b4-3+. The van der Waals surface area contributed by atoms with Gasteiger partial charge in [0.2, 0.25) is 0 Å². The summed E-state index contributed by atoms with van der Waals surface area (Å²) in [5, 5.41) is 17.1. The molecule has 0 heterocycles. The fourth-order valence-corrected chi connectivity index (χ4v) is 1.11. The van der Waals surface area contributed by atoms with Gasteiger partial charge in [-0.15, -0.1) is 0 Å². The number of halogens is 1. The summed E-state index contributed by atoms with van der Waals surface area (Å²) < 4.78 is 13.4. The molecule has 80 valence electrons. The minimum Gasteiger partial charge on any atom is -0.478 e. The second-order valence-electron chi connectivity index (χ2n) is 2.83. The Morgan fingerprint density at radius 3 is 2.56 bits per heavy atom. The number of nitriles is 1. The van der Waals surface area contributed by atoms with Gasteiger partial charge in [-0.3, -0.25) is 4.79 Å². The van der Waals surface area contributed by atoms with Gasteiger partial charge in [-0.1, -0.05) is 6.07 Å². The summed E-state index contributed by atoms with van der Waals surface area (Å²) in [6.45, 7) is 0. The molecular weight excluding hydrogens is 213 g/mol. The summed E-state index contributed by atoms with van der Waals surface area (Å²) in [6.07, 6.45) is 2.18. The van der Waals surface area contributed by atoms with Crippen LogP contribution in [-0.4, -0.2) is 17.4 Å². The number of hydrogen-bond acceptors (Lipinski definition) is 3. The Balaban J connectivity index is 3.33. The number of benzene rings is 1. The lowest BCUT2D eigenvalue weighted by Crippen LogP contribution is -1.96. The van der Waals surface area contributed by atoms with E-state index in [0.29, 0.717) is 6.29 Å². The molecule has 0 saturated heterocycles. The zero-order valence-corrected chi connectivity index (χ0v) is 7.98. The molecule has 1 aromatic carbocycles. The zero-order valence-electron chi connectivity index (χ0n) is 7.98. The molecule has 1 N–H and O–H groups in total. The Morgan fingerprint density at radius 1 is 1.44 bits per heavy atom. The SMILES string of the molecule is N#Cc1c(/C=C/C(=O)O)ccc(C=O)c1F. The Kier molecular flexibility index (Phi) is 3.51. The van der Waals surface area contributed by atoms with E-state index in [9.17, 15) is 14.0 Å². The lowest BCUT2D eigenvalue weighted by Gasteiger charge is -2.01. The average Bonchev–Trinajstić information content (AvgIpc) is 2.26. The third-order valence-corrected chi connectivity index (χ3v) is 1.85. The van der Waals surface area contributed by atoms with Crippen LogP contribution in [0.4, 0.5) is 4.39 Å². The van der Waals surface area contributed by atoms with E-state index in [4.69, 9.17) is 10.4 Å². The molecule has 0 aromatic heterocycles. The van der Waals surface area contributed by atoms with E-state index in [1.165, 1.54) is 12.1 Å². The molecule has 0 fully saturated rings. The Bertz CT molecular complexity index is 515. The van der Waals surface area contributed by atoms with Gasteiger partial charge in [0.1, 0.15) is 6.07 Å². The van der Waals surface area contributed by atoms with Crippen molar-refractivity contribution >= 4 is 18.3 Å². The van der Waals surface area contributed by atoms with Crippen LogP contribution in [0, 0.1) is 17.1 Å². The van der Waals surface area contributed by atoms with Crippen molar-refractivity contribution in [3.63, 3.8) is 0 Å². The second-order valence-corrected chi connectivity index (χ2v) is 2.83. The van der Waals surface area contributed by atoms with Crippen LogP contribution >= 0.6 is 0 Å². The molecule has 0 spiro atoms. The van der Waals surface area contributed by atoms with Crippen molar-refractivity contribution in [3.8, 4) is 6.07 Å². The van der Waals surface area contributed by atoms with Crippen molar-refractivity contribution in [2.75, 3.05) is 0 Å². The number of hydrogen-bond donors (Lipinski definition) is 1. The number of nitrogens with zero attached hydrogens (tertiary/aromatic N) is 1. The minimum atomic E-state index is -1.20. The first-order chi connectivity index (χ1) is 7.60. The lowest BCUT2D eigenvalue weighted by molar-refractivity contribution is -0.131. The predicted molar refractivity (Wildman–Crippen MR) is 53.2 cm³/mol. The molecule has 0 bridgehead atoms. The van der Waals surface area contributed by atoms with Crippen molar-refractivity contribution < 1.29 is 19.1 Å². The molecule has 16 heavy (non-hydrogen) atoms. The van der Waals surface area contributed by atoms with Crippen LogP contribution in [-0.2, 0) is 4.79 Å². The largest absolute Gasteiger partial charge is 0.478 e. The summed E-state index contributed by atoms with van der Waals surface area (Å²) in [5.41, 5.74) is -0.459. The molecule has 0 amide bonds. The fraction of sp³-hybridized carbons (Fsp3) is 0. The maximum Gasteiger partial charge on any atom is 0.328 e. The molecule has 4 nitrogen and oxygen atoms in total. The summed E-state index contributed by atoms with van der Waals surface area (Å²) in [5.74, 6) is -2.14. The quantitative estimate of drug-likeness (QED) is 0.618. The van der Waals surface area contributed by atoms with Crippen molar-refractivity contribution in [1.82, 2.24) is 0 Å². The molecule has 1 aromatic rings. The highest BCUT2D eigenvalue weighted by Gasteiger charge is 2.11. The van der Waals surface area contributed by atoms with E-state index >= 15 is 0 Å². The lowest BCUT2D eigenvalue weighted by atomic mass is 10.0. The van der Waals surface area contributed by atoms with E-state index in [2.05, 4.69) is 0 Å². The summed E-state index contributed by atoms with van der Waals surface area (Å²) in [6, 6.07) is 4.08. The first-order valence-corrected chi connectivity index (χ1v) is 4.19. The van der Waals surface area contributed by atoms with Gasteiger partial charge in [0, 0.05) is 6.08 Å². The van der Waals surface area contributed by atoms with Crippen LogP contribution in [0.1, 0.15) is 21.5 Å². The van der Waals surface area contributed by atoms with Gasteiger partial charge in [-0.2, -0.15) is 5.26 Å². The third kappa shape index (κ3) is 2.30. The fourth-order valence-electron chi connectivity index (χ4n) is 1.11. The van der Waals surface area contributed by atoms with E-state index in [0.717, 1.165) is 12.2 Å². The number of aldehydes is 1. The Morgan fingerprint density at radius 2 is 2.06 bits per heavy atom. The highest BCUT2D eigenvalue weighted by atomic mass is 19.1. The maximum atomic E-state index is 13.4. The van der Waals surface area contributed by atoms with Crippen molar-refractivity contribution in [2.45, 2.75) is 0 Å². The smallest absolute Gasteiger partial charge is 0.328 e. The van der Waals surface area contributed by atoms with Crippen molar-refractivity contribution in [2.24, 2.45) is 0 Å². The number of rotatable bonds is 3. The van der Waals surface area contributed by atoms with E-state index in [1.807, 2.05) is 0 Å². The van der Waals surface area contributed by atoms with E-state index in [1.54, 1.807) is 6.07 Å². The van der Waals surface area contributed by atoms with Crippen LogP contribution in [0.3, 0.4) is 0 Å². The normalized spacial score (nSPS) is 10.0. The number of carbonyl (C=O) groups excluding carboxylic acids is 1. The van der Waals surface area contributed by atoms with Gasteiger partial charge < -0.3 is 5.11 Å². The van der Waals surface area contributed by atoms with Crippen LogP contribution in [0.15, 0.2) is 18.2 Å². The molecule has 0 saturated carbocycles. The molecule has 0 radical (unpaired) electrons. The number of aliphatic carboxylic acids is 1. The van der Waals surface area contributed by atoms with Gasteiger partial charge in [-0.25, -0.2) is 9.18 Å². The highest BCUT2D eigenvalue weighted by molar-refractivity contribution is 5.86.